The number of ether oxygens (including phenoxy) is 1. The Morgan fingerprint density at radius 1 is 1.57 bits per heavy atom. The topological polar surface area (TPSA) is 26.3 Å². The molecule has 0 rings (SSSR count). The van der Waals surface area contributed by atoms with Gasteiger partial charge in [0, 0.05) is 60.9 Å². The van der Waals surface area contributed by atoms with Crippen LogP contribution in [-0.4, -0.2) is 13.6 Å². The van der Waals surface area contributed by atoms with Crippen LogP contribution in [-0.2, 0) is 63.3 Å². The van der Waals surface area contributed by atoms with Crippen LogP contribution in [0, 0.1) is 7.43 Å². The maximum Gasteiger partial charge on any atom is 0.0362 e. The first kappa shape index (κ1) is 24.0. The fourth-order valence-electron chi connectivity index (χ4n) is 0. The number of hydrogen-bond acceptors (Lipinski definition) is 2. The number of rotatable bonds is 1. The Morgan fingerprint density at radius 2 is 1.71 bits per heavy atom. The third kappa shape index (κ3) is 39.3. The molecule has 1 radical (unpaired) electrons. The van der Waals surface area contributed by atoms with Crippen molar-refractivity contribution in [3.63, 3.8) is 0 Å². The van der Waals surface area contributed by atoms with Gasteiger partial charge in [-0.2, -0.15) is 0 Å². The standard InChI is InChI=1S/C2H3O2.CH3.W.Y/c1-4-2-3;;;/h1H3;1H3;;/q2*-1;;. The van der Waals surface area contributed by atoms with Gasteiger partial charge in [-0.25, -0.2) is 0 Å². The molecule has 0 aromatic rings. The van der Waals surface area contributed by atoms with Gasteiger partial charge in [0.15, 0.2) is 0 Å². The molecule has 0 saturated heterocycles. The van der Waals surface area contributed by atoms with Crippen LogP contribution >= 0.6 is 0 Å². The van der Waals surface area contributed by atoms with E-state index in [0.29, 0.717) is 0 Å². The molecule has 0 unspecified atom stereocenters. The number of hydrogen-bond donors (Lipinski definition) is 0. The molecule has 0 N–H and O–H groups in total. The SMILES string of the molecule is CO[C-]=O.[CH3-].[W].[Y]. The average Bonchev–Trinajstić information content (AvgIpc) is 1.37. The molecule has 7 heavy (non-hydrogen) atoms. The second kappa shape index (κ2) is 26.8. The fraction of sp³-hybridized carbons (Fsp3) is 0.333. The van der Waals surface area contributed by atoms with E-state index in [2.05, 4.69) is 4.74 Å². The second-order valence-electron chi connectivity index (χ2n) is 0.287. The van der Waals surface area contributed by atoms with E-state index in [9.17, 15) is 0 Å². The van der Waals surface area contributed by atoms with Gasteiger partial charge in [0.1, 0.15) is 0 Å². The fourth-order valence-corrected chi connectivity index (χ4v) is 0. The molecule has 0 fully saturated rings. The van der Waals surface area contributed by atoms with Crippen LogP contribution in [0.5, 0.6) is 0 Å². The predicted octanol–water partition coefficient (Wildman–Crippen LogP) is 0.145. The Balaban J connectivity index is -0.0000000150. The van der Waals surface area contributed by atoms with Gasteiger partial charge in [-0.3, -0.25) is 0 Å². The van der Waals surface area contributed by atoms with Crippen molar-refractivity contribution in [2.45, 2.75) is 0 Å². The molecule has 0 aliphatic rings. The summed E-state index contributed by atoms with van der Waals surface area (Å²) in [5, 5.41) is 0. The van der Waals surface area contributed by atoms with Crippen molar-refractivity contribution in [3.05, 3.63) is 7.43 Å². The van der Waals surface area contributed by atoms with Gasteiger partial charge < -0.3 is 17.0 Å². The second-order valence-corrected chi connectivity index (χ2v) is 0.287. The Labute approximate surface area is 83.5 Å². The summed E-state index contributed by atoms with van der Waals surface area (Å²) >= 11 is 0. The van der Waals surface area contributed by atoms with Crippen molar-refractivity contribution in [2.75, 3.05) is 7.11 Å². The van der Waals surface area contributed by atoms with Crippen LogP contribution in [0.4, 0.5) is 0 Å². The number of methoxy groups -OCH3 is 1. The van der Waals surface area contributed by atoms with Crippen molar-refractivity contribution in [2.24, 2.45) is 0 Å². The predicted molar refractivity (Wildman–Crippen MR) is 19.1 cm³/mol. The van der Waals surface area contributed by atoms with Gasteiger partial charge in [-0.05, 0) is 0 Å². The molecular formula is C3H6O2WY-2. The van der Waals surface area contributed by atoms with Gasteiger partial charge in [-0.1, -0.05) is 6.47 Å². The Bertz CT molecular complexity index is 26.9. The molecule has 0 aromatic carbocycles. The van der Waals surface area contributed by atoms with Gasteiger partial charge in [0.05, 0.1) is 0 Å². The molecule has 0 atom stereocenters. The first-order valence-electron chi connectivity index (χ1n) is 0.816. The molecule has 0 amide bonds. The molecule has 0 bridgehead atoms. The zero-order chi connectivity index (χ0) is 3.41. The first-order chi connectivity index (χ1) is 1.91. The zero-order valence-electron chi connectivity index (χ0n) is 4.30. The summed E-state index contributed by atoms with van der Waals surface area (Å²) in [4.78, 5) is 8.83. The smallest absolute Gasteiger partial charge is 0.0362 e. The molecule has 2 nitrogen and oxygen atoms in total. The average molecular weight is 347 g/mol. The molecule has 0 spiro atoms. The normalized spacial score (nSPS) is 3.00. The molecule has 4 heteroatoms. The van der Waals surface area contributed by atoms with Crippen LogP contribution < -0.4 is 0 Å². The van der Waals surface area contributed by atoms with E-state index >= 15 is 0 Å². The first-order valence-corrected chi connectivity index (χ1v) is 0.816. The van der Waals surface area contributed by atoms with E-state index < -0.39 is 0 Å². The third-order valence-corrected chi connectivity index (χ3v) is 0.0833. The minimum absolute atomic E-state index is 0. The van der Waals surface area contributed by atoms with Crippen molar-refractivity contribution in [1.82, 2.24) is 0 Å². The summed E-state index contributed by atoms with van der Waals surface area (Å²) in [6, 6.07) is 0. The van der Waals surface area contributed by atoms with Crippen LogP contribution in [0.2, 0.25) is 0 Å². The zero-order valence-corrected chi connectivity index (χ0v) is 10.1. The van der Waals surface area contributed by atoms with Gasteiger partial charge >= 0.3 is 0 Å². The Kier molecular flexibility index (Phi) is 91.7. The molecule has 0 aromatic heterocycles. The monoisotopic (exact) mass is 347 g/mol. The van der Waals surface area contributed by atoms with Crippen LogP contribution in [0.25, 0.3) is 0 Å². The summed E-state index contributed by atoms with van der Waals surface area (Å²) in [7, 11) is 1.26. The van der Waals surface area contributed by atoms with Crippen molar-refractivity contribution < 1.29 is 63.3 Å². The molecule has 0 saturated carbocycles. The summed E-state index contributed by atoms with van der Waals surface area (Å²) in [6.07, 6.45) is 0. The Hall–Kier alpha value is 1.26. The van der Waals surface area contributed by atoms with E-state index in [-0.39, 0.29) is 61.2 Å². The van der Waals surface area contributed by atoms with Crippen molar-refractivity contribution in [3.8, 4) is 0 Å². The summed E-state index contributed by atoms with van der Waals surface area (Å²) in [5.41, 5.74) is 0. The maximum atomic E-state index is 8.83. The Morgan fingerprint density at radius 3 is 1.71 bits per heavy atom. The van der Waals surface area contributed by atoms with Gasteiger partial charge in [0.2, 0.25) is 0 Å². The molecule has 0 aliphatic heterocycles. The van der Waals surface area contributed by atoms with E-state index in [4.69, 9.17) is 4.79 Å². The molecular weight excluding hydrogens is 341 g/mol. The van der Waals surface area contributed by atoms with Crippen molar-refractivity contribution in [1.29, 1.82) is 0 Å². The quantitative estimate of drug-likeness (QED) is 0.632. The largest absolute Gasteiger partial charge is 0.655 e. The van der Waals surface area contributed by atoms with E-state index in [1.807, 2.05) is 0 Å². The van der Waals surface area contributed by atoms with Crippen LogP contribution in [0.1, 0.15) is 0 Å². The summed E-state index contributed by atoms with van der Waals surface area (Å²) in [5.74, 6) is 0. The van der Waals surface area contributed by atoms with E-state index in [1.165, 1.54) is 13.6 Å². The number of carbonyl (C=O) groups excluding carboxylic acids is 1. The van der Waals surface area contributed by atoms with E-state index in [1.54, 1.807) is 0 Å². The molecule has 0 aliphatic carbocycles. The van der Waals surface area contributed by atoms with Crippen LogP contribution in [0.15, 0.2) is 0 Å². The summed E-state index contributed by atoms with van der Waals surface area (Å²) < 4.78 is 3.74. The van der Waals surface area contributed by atoms with Gasteiger partial charge in [0.25, 0.3) is 0 Å². The van der Waals surface area contributed by atoms with E-state index in [0.717, 1.165) is 0 Å². The summed E-state index contributed by atoms with van der Waals surface area (Å²) in [6.45, 7) is 1.18. The molecule has 41 valence electrons. The molecule has 0 heterocycles. The third-order valence-electron chi connectivity index (χ3n) is 0.0833. The van der Waals surface area contributed by atoms with Gasteiger partial charge in [-0.15, -0.1) is 0 Å². The van der Waals surface area contributed by atoms with Crippen molar-refractivity contribution >= 4 is 6.47 Å². The minimum Gasteiger partial charge on any atom is -0.655 e. The minimum atomic E-state index is 0. The maximum absolute atomic E-state index is 8.83. The van der Waals surface area contributed by atoms with Crippen LogP contribution in [0.3, 0.4) is 0 Å².